The summed E-state index contributed by atoms with van der Waals surface area (Å²) in [6.07, 6.45) is 10.7. The maximum absolute atomic E-state index is 11.8. The summed E-state index contributed by atoms with van der Waals surface area (Å²) in [7, 11) is 0. The molecule has 8 atom stereocenters. The Balaban J connectivity index is 1.66. The van der Waals surface area contributed by atoms with E-state index in [0.29, 0.717) is 17.8 Å². The Morgan fingerprint density at radius 1 is 0.958 bits per heavy atom. The van der Waals surface area contributed by atoms with Gasteiger partial charge in [-0.15, -0.1) is 5.16 Å². The van der Waals surface area contributed by atoms with E-state index < -0.39 is 5.60 Å². The lowest BCUT2D eigenvalue weighted by Gasteiger charge is -2.63. The van der Waals surface area contributed by atoms with Gasteiger partial charge in [0.15, 0.2) is 0 Å². The van der Waals surface area contributed by atoms with Gasteiger partial charge in [0.2, 0.25) is 0 Å². The summed E-state index contributed by atoms with van der Waals surface area (Å²) in [5.74, 6) is 1.75. The largest absolute Gasteiger partial charge is 0.411 e. The highest BCUT2D eigenvalue weighted by molar-refractivity contribution is 5.62. The molecule has 0 spiro atoms. The second-order valence-electron chi connectivity index (χ2n) is 9.71. The lowest BCUT2D eigenvalue weighted by atomic mass is 9.43. The van der Waals surface area contributed by atoms with Crippen molar-refractivity contribution in [3.63, 3.8) is 0 Å². The maximum Gasteiger partial charge on any atom is 0.0738 e. The smallest absolute Gasteiger partial charge is 0.0738 e. The third-order valence-corrected chi connectivity index (χ3v) is 9.14. The Hall–Kier alpha value is -0.610. The van der Waals surface area contributed by atoms with Crippen molar-refractivity contribution in [3.05, 3.63) is 0 Å². The van der Waals surface area contributed by atoms with E-state index in [9.17, 15) is 10.2 Å². The van der Waals surface area contributed by atoms with Gasteiger partial charge in [0.25, 0.3) is 0 Å². The molecule has 3 N–H and O–H groups in total. The number of hydrogen-bond donors (Lipinski definition) is 3. The van der Waals surface area contributed by atoms with Gasteiger partial charge in [-0.05, 0) is 81.0 Å². The minimum Gasteiger partial charge on any atom is -0.411 e. The summed E-state index contributed by atoms with van der Waals surface area (Å²) in [6, 6.07) is 0. The van der Waals surface area contributed by atoms with Crippen LogP contribution >= 0.6 is 0 Å². The van der Waals surface area contributed by atoms with E-state index in [2.05, 4.69) is 19.0 Å². The van der Waals surface area contributed by atoms with Crippen LogP contribution in [0.4, 0.5) is 0 Å². The van der Waals surface area contributed by atoms with E-state index in [1.54, 1.807) is 6.21 Å². The molecular formula is C20H33NO3. The molecule has 4 heteroatoms. The van der Waals surface area contributed by atoms with E-state index in [1.165, 1.54) is 6.42 Å². The van der Waals surface area contributed by atoms with Gasteiger partial charge in [0, 0.05) is 17.5 Å². The molecule has 0 aromatic heterocycles. The topological polar surface area (TPSA) is 73.1 Å². The van der Waals surface area contributed by atoms with Crippen molar-refractivity contribution >= 4 is 6.21 Å². The maximum atomic E-state index is 11.8. The molecule has 0 aromatic carbocycles. The first-order chi connectivity index (χ1) is 11.3. The average Bonchev–Trinajstić information content (AvgIpc) is 2.81. The molecule has 0 amide bonds. The van der Waals surface area contributed by atoms with Crippen molar-refractivity contribution in [1.29, 1.82) is 0 Å². The van der Waals surface area contributed by atoms with E-state index in [0.717, 1.165) is 51.4 Å². The first-order valence-electron chi connectivity index (χ1n) is 9.93. The standard InChI is InChI=1S/C20H33NO3/c1-18-8-6-15(22)11-13(18)3-4-17-16(18)7-9-19(2)14(12-21-24)5-10-20(17,19)23/h12-17,22-24H,3-11H2,1-2H3/b21-12+/t13?,14?,15?,16-,17-,18+,19-,20-/m1/s1. The highest BCUT2D eigenvalue weighted by Gasteiger charge is 2.66. The van der Waals surface area contributed by atoms with Gasteiger partial charge in [0.05, 0.1) is 11.7 Å². The van der Waals surface area contributed by atoms with Crippen LogP contribution in [0.15, 0.2) is 5.16 Å². The Morgan fingerprint density at radius 2 is 1.75 bits per heavy atom. The van der Waals surface area contributed by atoms with Crippen LogP contribution in [0, 0.1) is 34.5 Å². The molecule has 4 fully saturated rings. The summed E-state index contributed by atoms with van der Waals surface area (Å²) in [5.41, 5.74) is -0.494. The normalized spacial score (nSPS) is 57.4. The predicted molar refractivity (Wildman–Crippen MR) is 93.0 cm³/mol. The fraction of sp³-hybridized carbons (Fsp3) is 0.950. The Bertz CT molecular complexity index is 537. The lowest BCUT2D eigenvalue weighted by molar-refractivity contribution is -0.206. The van der Waals surface area contributed by atoms with Crippen LogP contribution in [0.3, 0.4) is 0 Å². The molecule has 24 heavy (non-hydrogen) atoms. The van der Waals surface area contributed by atoms with Crippen molar-refractivity contribution in [3.8, 4) is 0 Å². The molecule has 0 saturated heterocycles. The average molecular weight is 335 g/mol. The van der Waals surface area contributed by atoms with E-state index in [4.69, 9.17) is 5.21 Å². The number of rotatable bonds is 1. The first-order valence-corrected chi connectivity index (χ1v) is 9.93. The van der Waals surface area contributed by atoms with Gasteiger partial charge in [0.1, 0.15) is 0 Å². The Kier molecular flexibility index (Phi) is 3.82. The van der Waals surface area contributed by atoms with Crippen LogP contribution in [0.2, 0.25) is 0 Å². The molecule has 4 saturated carbocycles. The number of oxime groups is 1. The number of nitrogens with zero attached hydrogens (tertiary/aromatic N) is 1. The van der Waals surface area contributed by atoms with Crippen molar-refractivity contribution in [2.45, 2.75) is 83.3 Å². The predicted octanol–water partition coefficient (Wildman–Crippen LogP) is 3.58. The van der Waals surface area contributed by atoms with Gasteiger partial charge in [-0.3, -0.25) is 0 Å². The summed E-state index contributed by atoms with van der Waals surface area (Å²) in [6.45, 7) is 4.66. The van der Waals surface area contributed by atoms with Crippen LogP contribution in [0.1, 0.15) is 71.6 Å². The Labute approximate surface area is 145 Å². The second kappa shape index (κ2) is 5.44. The minimum atomic E-state index is -0.619. The molecular weight excluding hydrogens is 302 g/mol. The van der Waals surface area contributed by atoms with E-state index in [1.807, 2.05) is 0 Å². The molecule has 4 aliphatic rings. The lowest BCUT2D eigenvalue weighted by Crippen LogP contribution is -2.62. The Morgan fingerprint density at radius 3 is 2.50 bits per heavy atom. The number of aliphatic hydroxyl groups excluding tert-OH is 1. The van der Waals surface area contributed by atoms with Crippen molar-refractivity contribution in [2.75, 3.05) is 0 Å². The minimum absolute atomic E-state index is 0.117. The third kappa shape index (κ3) is 2.02. The molecule has 4 nitrogen and oxygen atoms in total. The highest BCUT2D eigenvalue weighted by Crippen LogP contribution is 2.68. The van der Waals surface area contributed by atoms with Crippen LogP contribution < -0.4 is 0 Å². The molecule has 0 heterocycles. The highest BCUT2D eigenvalue weighted by atomic mass is 16.4. The van der Waals surface area contributed by atoms with Crippen LogP contribution in [0.5, 0.6) is 0 Å². The molecule has 0 radical (unpaired) electrons. The SMILES string of the molecule is C[C@]12CCC(O)CC1CC[C@@H]1[C@H]2CC[C@]2(C)C(/C=N/O)CC[C@@]12O. The zero-order valence-electron chi connectivity index (χ0n) is 15.1. The zero-order chi connectivity index (χ0) is 17.2. The van der Waals surface area contributed by atoms with Gasteiger partial charge in [-0.25, -0.2) is 0 Å². The molecule has 4 aliphatic carbocycles. The first kappa shape index (κ1) is 16.8. The molecule has 4 rings (SSSR count). The molecule has 3 unspecified atom stereocenters. The van der Waals surface area contributed by atoms with Crippen LogP contribution in [-0.4, -0.2) is 33.3 Å². The molecule has 0 aromatic rings. The number of hydrogen-bond acceptors (Lipinski definition) is 4. The summed E-state index contributed by atoms with van der Waals surface area (Å²) >= 11 is 0. The second-order valence-corrected chi connectivity index (χ2v) is 9.71. The van der Waals surface area contributed by atoms with Gasteiger partial charge < -0.3 is 15.4 Å². The van der Waals surface area contributed by atoms with Gasteiger partial charge >= 0.3 is 0 Å². The quantitative estimate of drug-likeness (QED) is 0.389. The summed E-state index contributed by atoms with van der Waals surface area (Å²) in [5, 5.41) is 34.3. The van der Waals surface area contributed by atoms with Crippen molar-refractivity contribution in [2.24, 2.45) is 39.7 Å². The number of aliphatic hydroxyl groups is 2. The third-order valence-electron chi connectivity index (χ3n) is 9.14. The van der Waals surface area contributed by atoms with E-state index >= 15 is 0 Å². The van der Waals surface area contributed by atoms with Gasteiger partial charge in [-0.2, -0.15) is 0 Å². The number of fused-ring (bicyclic) bond motifs is 5. The van der Waals surface area contributed by atoms with E-state index in [-0.39, 0.29) is 22.9 Å². The van der Waals surface area contributed by atoms with Gasteiger partial charge in [-0.1, -0.05) is 13.8 Å². The molecule has 0 aliphatic heterocycles. The van der Waals surface area contributed by atoms with Crippen LogP contribution in [0.25, 0.3) is 0 Å². The van der Waals surface area contributed by atoms with Crippen LogP contribution in [-0.2, 0) is 0 Å². The molecule has 136 valence electrons. The summed E-state index contributed by atoms with van der Waals surface area (Å²) in [4.78, 5) is 0. The van der Waals surface area contributed by atoms with Crippen molar-refractivity contribution in [1.82, 2.24) is 0 Å². The zero-order valence-corrected chi connectivity index (χ0v) is 15.1. The fourth-order valence-corrected chi connectivity index (χ4v) is 7.56. The fourth-order valence-electron chi connectivity index (χ4n) is 7.56. The van der Waals surface area contributed by atoms with Crippen molar-refractivity contribution < 1.29 is 15.4 Å². The monoisotopic (exact) mass is 335 g/mol. The summed E-state index contributed by atoms with van der Waals surface area (Å²) < 4.78 is 0. The molecule has 0 bridgehead atoms.